The molecule has 2 nitrogen and oxygen atoms in total. The molecule has 0 heterocycles. The Labute approximate surface area is 113 Å². The van der Waals surface area contributed by atoms with Crippen LogP contribution >= 0.6 is 11.6 Å². The minimum Gasteiger partial charge on any atom is -0.481 e. The molecule has 19 heavy (non-hydrogen) atoms. The molecule has 1 unspecified atom stereocenters. The number of carboxylic acids is 1. The highest BCUT2D eigenvalue weighted by Gasteiger charge is 2.36. The third-order valence-corrected chi connectivity index (χ3v) is 3.48. The summed E-state index contributed by atoms with van der Waals surface area (Å²) in [5.74, 6) is -1.25. The summed E-state index contributed by atoms with van der Waals surface area (Å²) in [6, 6.07) is 3.30. The summed E-state index contributed by atoms with van der Waals surface area (Å²) in [5.41, 5.74) is -0.462. The monoisotopic (exact) mass is 292 g/mol. The molecule has 0 aliphatic heterocycles. The highest BCUT2D eigenvalue weighted by atomic mass is 35.5. The molecule has 0 radical (unpaired) electrons. The van der Waals surface area contributed by atoms with Crippen molar-refractivity contribution in [1.82, 2.24) is 0 Å². The fourth-order valence-electron chi connectivity index (χ4n) is 2.23. The maximum absolute atomic E-state index is 12.7. The second-order valence-electron chi connectivity index (χ2n) is 4.81. The summed E-state index contributed by atoms with van der Waals surface area (Å²) in [4.78, 5) is 10.8. The zero-order valence-corrected chi connectivity index (χ0v) is 10.6. The van der Waals surface area contributed by atoms with Gasteiger partial charge in [-0.05, 0) is 48.4 Å². The smallest absolute Gasteiger partial charge is 0.416 e. The maximum atomic E-state index is 12.7. The van der Waals surface area contributed by atoms with Crippen LogP contribution in [0.1, 0.15) is 36.3 Å². The molecule has 1 aromatic rings. The standard InChI is InChI=1S/C13H12ClF3O2/c14-10-4-8(3-9(5-10)13(15,16)17)11(6-12(18)19)7-1-2-7/h3-5,7,11H,1-2,6H2,(H,18,19). The van der Waals surface area contributed by atoms with Crippen molar-refractivity contribution >= 4 is 17.6 Å². The Kier molecular flexibility index (Phi) is 3.76. The average molecular weight is 293 g/mol. The number of hydrogen-bond acceptors (Lipinski definition) is 1. The molecule has 0 spiro atoms. The van der Waals surface area contributed by atoms with E-state index >= 15 is 0 Å². The minimum absolute atomic E-state index is 0.0131. The third kappa shape index (κ3) is 3.62. The van der Waals surface area contributed by atoms with Crippen LogP contribution in [0.3, 0.4) is 0 Å². The Morgan fingerprint density at radius 3 is 2.47 bits per heavy atom. The Hall–Kier alpha value is -1.23. The van der Waals surface area contributed by atoms with E-state index in [-0.39, 0.29) is 17.4 Å². The molecule has 0 saturated heterocycles. The van der Waals surface area contributed by atoms with Gasteiger partial charge in [-0.1, -0.05) is 11.6 Å². The van der Waals surface area contributed by atoms with E-state index in [1.807, 2.05) is 0 Å². The van der Waals surface area contributed by atoms with Crippen LogP contribution in [0.15, 0.2) is 18.2 Å². The summed E-state index contributed by atoms with van der Waals surface area (Å²) in [5, 5.41) is 8.85. The fourth-order valence-corrected chi connectivity index (χ4v) is 2.48. The summed E-state index contributed by atoms with van der Waals surface area (Å²) >= 11 is 5.71. The van der Waals surface area contributed by atoms with Crippen molar-refractivity contribution in [2.75, 3.05) is 0 Å². The quantitative estimate of drug-likeness (QED) is 0.897. The number of carboxylic acid groups (broad SMARTS) is 1. The van der Waals surface area contributed by atoms with Gasteiger partial charge < -0.3 is 5.11 Å². The van der Waals surface area contributed by atoms with Crippen molar-refractivity contribution in [1.29, 1.82) is 0 Å². The summed E-state index contributed by atoms with van der Waals surface area (Å²) in [7, 11) is 0. The highest BCUT2D eigenvalue weighted by Crippen LogP contribution is 2.46. The number of aliphatic carboxylic acids is 1. The van der Waals surface area contributed by atoms with Gasteiger partial charge in [-0.25, -0.2) is 0 Å². The molecule has 1 saturated carbocycles. The van der Waals surface area contributed by atoms with Gasteiger partial charge in [0.25, 0.3) is 0 Å². The molecule has 1 aromatic carbocycles. The van der Waals surface area contributed by atoms with Gasteiger partial charge in [-0.2, -0.15) is 13.2 Å². The first-order valence-electron chi connectivity index (χ1n) is 5.87. The molecule has 0 aromatic heterocycles. The first-order chi connectivity index (χ1) is 8.77. The van der Waals surface area contributed by atoms with Gasteiger partial charge >= 0.3 is 12.1 Å². The predicted octanol–water partition coefficient (Wildman–Crippen LogP) is 4.33. The molecule has 1 aliphatic rings. The van der Waals surface area contributed by atoms with Crippen LogP contribution in [0.4, 0.5) is 13.2 Å². The van der Waals surface area contributed by atoms with Crippen molar-refractivity contribution in [2.24, 2.45) is 5.92 Å². The Balaban J connectivity index is 2.36. The minimum atomic E-state index is -4.48. The molecule has 0 bridgehead atoms. The third-order valence-electron chi connectivity index (χ3n) is 3.26. The zero-order chi connectivity index (χ0) is 14.2. The molecule has 2 rings (SSSR count). The lowest BCUT2D eigenvalue weighted by Gasteiger charge is -2.17. The normalized spacial score (nSPS) is 17.3. The molecule has 104 valence electrons. The van der Waals surface area contributed by atoms with Gasteiger partial charge in [0.05, 0.1) is 12.0 Å². The van der Waals surface area contributed by atoms with Crippen molar-refractivity contribution in [2.45, 2.75) is 31.4 Å². The van der Waals surface area contributed by atoms with E-state index in [9.17, 15) is 18.0 Å². The first kappa shape index (κ1) is 14.2. The van der Waals surface area contributed by atoms with Gasteiger partial charge in [-0.15, -0.1) is 0 Å². The highest BCUT2D eigenvalue weighted by molar-refractivity contribution is 6.30. The van der Waals surface area contributed by atoms with Crippen LogP contribution < -0.4 is 0 Å². The van der Waals surface area contributed by atoms with Gasteiger partial charge in [-0.3, -0.25) is 4.79 Å². The first-order valence-corrected chi connectivity index (χ1v) is 6.24. The van der Waals surface area contributed by atoms with E-state index in [4.69, 9.17) is 16.7 Å². The van der Waals surface area contributed by atoms with Crippen LogP contribution in [-0.4, -0.2) is 11.1 Å². The lowest BCUT2D eigenvalue weighted by atomic mass is 9.90. The zero-order valence-electron chi connectivity index (χ0n) is 9.88. The Morgan fingerprint density at radius 1 is 1.37 bits per heavy atom. The van der Waals surface area contributed by atoms with Gasteiger partial charge in [0.1, 0.15) is 0 Å². The van der Waals surface area contributed by atoms with Crippen molar-refractivity contribution in [3.05, 3.63) is 34.3 Å². The van der Waals surface area contributed by atoms with Gasteiger partial charge in [0.2, 0.25) is 0 Å². The fraction of sp³-hybridized carbons (Fsp3) is 0.462. The molecule has 0 amide bonds. The molecule has 1 atom stereocenters. The van der Waals surface area contributed by atoms with Crippen LogP contribution in [0.2, 0.25) is 5.02 Å². The molecule has 6 heteroatoms. The van der Waals surface area contributed by atoms with E-state index < -0.39 is 23.6 Å². The SMILES string of the molecule is O=C(O)CC(c1cc(Cl)cc(C(F)(F)F)c1)C1CC1. The second-order valence-corrected chi connectivity index (χ2v) is 5.25. The van der Waals surface area contributed by atoms with E-state index in [0.717, 1.165) is 25.0 Å². The Morgan fingerprint density at radius 2 is 2.00 bits per heavy atom. The van der Waals surface area contributed by atoms with E-state index in [2.05, 4.69) is 0 Å². The summed E-state index contributed by atoms with van der Waals surface area (Å²) in [6.07, 6.45) is -2.93. The number of carbonyl (C=O) groups is 1. The number of halogens is 4. The molecule has 1 N–H and O–H groups in total. The second kappa shape index (κ2) is 5.04. The van der Waals surface area contributed by atoms with Gasteiger partial charge in [0, 0.05) is 5.02 Å². The lowest BCUT2D eigenvalue weighted by molar-refractivity contribution is -0.138. The van der Waals surface area contributed by atoms with Crippen LogP contribution in [0.25, 0.3) is 0 Å². The Bertz CT molecular complexity index is 495. The van der Waals surface area contributed by atoms with Crippen molar-refractivity contribution in [3.8, 4) is 0 Å². The van der Waals surface area contributed by atoms with E-state index in [1.165, 1.54) is 6.07 Å². The number of benzene rings is 1. The largest absolute Gasteiger partial charge is 0.481 e. The van der Waals surface area contributed by atoms with E-state index in [1.54, 1.807) is 0 Å². The van der Waals surface area contributed by atoms with E-state index in [0.29, 0.717) is 5.56 Å². The van der Waals surface area contributed by atoms with Crippen molar-refractivity contribution < 1.29 is 23.1 Å². The lowest BCUT2D eigenvalue weighted by Crippen LogP contribution is -2.11. The summed E-state index contributed by atoms with van der Waals surface area (Å²) < 4.78 is 38.1. The predicted molar refractivity (Wildman–Crippen MR) is 64.2 cm³/mol. The number of hydrogen-bond donors (Lipinski definition) is 1. The van der Waals surface area contributed by atoms with Crippen LogP contribution in [0, 0.1) is 5.92 Å². The van der Waals surface area contributed by atoms with Crippen LogP contribution in [-0.2, 0) is 11.0 Å². The van der Waals surface area contributed by atoms with Gasteiger partial charge in [0.15, 0.2) is 0 Å². The average Bonchev–Trinajstić information content (AvgIpc) is 3.07. The number of rotatable bonds is 4. The molecule has 1 aliphatic carbocycles. The topological polar surface area (TPSA) is 37.3 Å². The summed E-state index contributed by atoms with van der Waals surface area (Å²) in [6.45, 7) is 0. The molecule has 1 fully saturated rings. The van der Waals surface area contributed by atoms with Crippen LogP contribution in [0.5, 0.6) is 0 Å². The maximum Gasteiger partial charge on any atom is 0.416 e. The molecular formula is C13H12ClF3O2. The molecular weight excluding hydrogens is 281 g/mol. The number of alkyl halides is 3. The van der Waals surface area contributed by atoms with Crippen molar-refractivity contribution in [3.63, 3.8) is 0 Å².